The maximum Gasteiger partial charge on any atom is 0.244 e. The van der Waals surface area contributed by atoms with Crippen molar-refractivity contribution < 1.29 is 18.0 Å². The molecule has 0 fully saturated rings. The number of rotatable bonds is 10. The van der Waals surface area contributed by atoms with Crippen molar-refractivity contribution in [1.82, 2.24) is 10.2 Å². The average Bonchev–Trinajstić information content (AvgIpc) is 2.75. The quantitative estimate of drug-likeness (QED) is 0.499. The number of hydrogen-bond acceptors (Lipinski definition) is 4. The first-order valence-corrected chi connectivity index (χ1v) is 13.4. The normalized spacial score (nSPS) is 12.2. The molecule has 1 atom stereocenters. The molecule has 7 nitrogen and oxygen atoms in total. The Kier molecular flexibility index (Phi) is 9.48. The van der Waals surface area contributed by atoms with Gasteiger partial charge in [0.25, 0.3) is 0 Å². The Labute approximate surface area is 205 Å². The van der Waals surface area contributed by atoms with Crippen LogP contribution in [0.5, 0.6) is 0 Å². The highest BCUT2D eigenvalue weighted by Crippen LogP contribution is 2.25. The van der Waals surface area contributed by atoms with Gasteiger partial charge in [-0.2, -0.15) is 0 Å². The van der Waals surface area contributed by atoms with Crippen LogP contribution in [0.15, 0.2) is 46.9 Å². The van der Waals surface area contributed by atoms with Gasteiger partial charge in [-0.05, 0) is 62.1 Å². The zero-order chi connectivity index (χ0) is 24.8. The van der Waals surface area contributed by atoms with E-state index in [-0.39, 0.29) is 12.5 Å². The molecule has 0 radical (unpaired) electrons. The van der Waals surface area contributed by atoms with Gasteiger partial charge in [0.15, 0.2) is 0 Å². The number of nitrogens with one attached hydrogen (secondary N) is 1. The Morgan fingerprint density at radius 2 is 1.76 bits per heavy atom. The van der Waals surface area contributed by atoms with E-state index in [9.17, 15) is 18.0 Å². The number of carbonyl (C=O) groups is 2. The molecule has 0 bridgehead atoms. The number of carbonyl (C=O) groups excluding carboxylic acids is 2. The third-order valence-corrected chi connectivity index (χ3v) is 7.46. The first kappa shape index (κ1) is 26.9. The summed E-state index contributed by atoms with van der Waals surface area (Å²) in [5.41, 5.74) is 3.12. The topological polar surface area (TPSA) is 86.8 Å². The summed E-state index contributed by atoms with van der Waals surface area (Å²) in [7, 11) is -3.75. The highest BCUT2D eigenvalue weighted by molar-refractivity contribution is 9.10. The van der Waals surface area contributed by atoms with Crippen molar-refractivity contribution in [3.05, 3.63) is 63.6 Å². The number of anilines is 1. The Balaban J connectivity index is 2.40. The Bertz CT molecular complexity index is 1100. The zero-order valence-corrected chi connectivity index (χ0v) is 22.2. The van der Waals surface area contributed by atoms with Gasteiger partial charge in [0.2, 0.25) is 21.8 Å². The SMILES string of the molecule is CCCNC(=O)C(C)N(Cc1ccccc1C)C(=O)CN(c1ccc(Br)c(C)c1)S(C)(=O)=O. The van der Waals surface area contributed by atoms with Crippen LogP contribution < -0.4 is 9.62 Å². The summed E-state index contributed by atoms with van der Waals surface area (Å²) in [6.07, 6.45) is 1.84. The van der Waals surface area contributed by atoms with E-state index in [1.807, 2.05) is 45.0 Å². The summed E-state index contributed by atoms with van der Waals surface area (Å²) in [5.74, 6) is -0.729. The maximum absolute atomic E-state index is 13.5. The van der Waals surface area contributed by atoms with Crippen molar-refractivity contribution >= 4 is 43.5 Å². The molecule has 9 heteroatoms. The molecule has 0 heterocycles. The second-order valence-electron chi connectivity index (χ2n) is 8.12. The molecule has 2 aromatic carbocycles. The van der Waals surface area contributed by atoms with Crippen LogP contribution in [0.4, 0.5) is 5.69 Å². The third-order valence-electron chi connectivity index (χ3n) is 5.43. The molecular weight excluding hydrogens is 506 g/mol. The Morgan fingerprint density at radius 1 is 1.09 bits per heavy atom. The van der Waals surface area contributed by atoms with Crippen molar-refractivity contribution in [2.45, 2.75) is 46.7 Å². The van der Waals surface area contributed by atoms with E-state index in [1.165, 1.54) is 4.90 Å². The van der Waals surface area contributed by atoms with E-state index in [0.29, 0.717) is 12.2 Å². The van der Waals surface area contributed by atoms with E-state index in [2.05, 4.69) is 21.2 Å². The first-order valence-electron chi connectivity index (χ1n) is 10.8. The molecule has 2 rings (SSSR count). The zero-order valence-electron chi connectivity index (χ0n) is 19.8. The van der Waals surface area contributed by atoms with Crippen molar-refractivity contribution in [3.8, 4) is 0 Å². The minimum absolute atomic E-state index is 0.198. The fourth-order valence-corrected chi connectivity index (χ4v) is 4.44. The molecule has 33 heavy (non-hydrogen) atoms. The number of aryl methyl sites for hydroxylation is 2. The molecule has 1 unspecified atom stereocenters. The van der Waals surface area contributed by atoms with Crippen LogP contribution in [0.25, 0.3) is 0 Å². The van der Waals surface area contributed by atoms with Gasteiger partial charge < -0.3 is 10.2 Å². The lowest BCUT2D eigenvalue weighted by Crippen LogP contribution is -2.51. The minimum Gasteiger partial charge on any atom is -0.354 e. The summed E-state index contributed by atoms with van der Waals surface area (Å²) in [4.78, 5) is 27.6. The van der Waals surface area contributed by atoms with Crippen molar-refractivity contribution in [2.75, 3.05) is 23.7 Å². The number of nitrogens with zero attached hydrogens (tertiary/aromatic N) is 2. The molecule has 0 spiro atoms. The Morgan fingerprint density at radius 3 is 2.33 bits per heavy atom. The lowest BCUT2D eigenvalue weighted by atomic mass is 10.1. The van der Waals surface area contributed by atoms with Crippen LogP contribution in [-0.4, -0.2) is 50.5 Å². The molecular formula is C24H32BrN3O4S. The van der Waals surface area contributed by atoms with E-state index >= 15 is 0 Å². The molecule has 0 aliphatic heterocycles. The summed E-state index contributed by atoms with van der Waals surface area (Å²) >= 11 is 3.41. The van der Waals surface area contributed by atoms with Crippen molar-refractivity contribution in [2.24, 2.45) is 0 Å². The summed E-state index contributed by atoms with van der Waals surface area (Å²) in [6, 6.07) is 12.0. The number of sulfonamides is 1. The summed E-state index contributed by atoms with van der Waals surface area (Å²) in [6.45, 7) is 7.69. The molecule has 0 saturated carbocycles. The number of halogens is 1. The van der Waals surface area contributed by atoms with Gasteiger partial charge >= 0.3 is 0 Å². The van der Waals surface area contributed by atoms with Gasteiger partial charge in [0.1, 0.15) is 12.6 Å². The summed E-state index contributed by atoms with van der Waals surface area (Å²) in [5, 5.41) is 2.83. The van der Waals surface area contributed by atoms with Crippen molar-refractivity contribution in [3.63, 3.8) is 0 Å². The van der Waals surface area contributed by atoms with Crippen LogP contribution >= 0.6 is 15.9 Å². The second kappa shape index (κ2) is 11.7. The van der Waals surface area contributed by atoms with E-state index in [1.54, 1.807) is 25.1 Å². The molecule has 0 aromatic heterocycles. The van der Waals surface area contributed by atoms with Gasteiger partial charge in [-0.1, -0.05) is 47.1 Å². The van der Waals surface area contributed by atoms with Gasteiger partial charge in [0, 0.05) is 17.6 Å². The monoisotopic (exact) mass is 537 g/mol. The molecule has 1 N–H and O–H groups in total. The van der Waals surface area contributed by atoms with Crippen LogP contribution in [-0.2, 0) is 26.2 Å². The van der Waals surface area contributed by atoms with E-state index in [4.69, 9.17) is 0 Å². The standard InChI is InChI=1S/C24H32BrN3O4S/c1-6-13-26-24(30)19(4)27(15-20-10-8-7-9-17(20)2)23(29)16-28(33(5,31)32)21-11-12-22(25)18(3)14-21/h7-12,14,19H,6,13,15-16H2,1-5H3,(H,26,30). The lowest BCUT2D eigenvalue weighted by Gasteiger charge is -2.32. The second-order valence-corrected chi connectivity index (χ2v) is 10.9. The first-order chi connectivity index (χ1) is 15.5. The smallest absolute Gasteiger partial charge is 0.244 e. The molecule has 2 aromatic rings. The third kappa shape index (κ3) is 7.30. The van der Waals surface area contributed by atoms with Crippen LogP contribution in [0.2, 0.25) is 0 Å². The van der Waals surface area contributed by atoms with Gasteiger partial charge in [0.05, 0.1) is 11.9 Å². The van der Waals surface area contributed by atoms with Gasteiger partial charge in [-0.3, -0.25) is 13.9 Å². The van der Waals surface area contributed by atoms with Crippen LogP contribution in [0.1, 0.15) is 37.0 Å². The molecule has 180 valence electrons. The van der Waals surface area contributed by atoms with Crippen molar-refractivity contribution in [1.29, 1.82) is 0 Å². The van der Waals surface area contributed by atoms with Crippen LogP contribution in [0.3, 0.4) is 0 Å². The highest BCUT2D eigenvalue weighted by Gasteiger charge is 2.30. The average molecular weight is 539 g/mol. The summed E-state index contributed by atoms with van der Waals surface area (Å²) < 4.78 is 27.1. The fourth-order valence-electron chi connectivity index (χ4n) is 3.35. The highest BCUT2D eigenvalue weighted by atomic mass is 79.9. The molecule has 2 amide bonds. The van der Waals surface area contributed by atoms with E-state index in [0.717, 1.165) is 38.1 Å². The predicted molar refractivity (Wildman–Crippen MR) is 136 cm³/mol. The molecule has 0 aliphatic rings. The minimum atomic E-state index is -3.75. The fraction of sp³-hybridized carbons (Fsp3) is 0.417. The number of benzene rings is 2. The van der Waals surface area contributed by atoms with E-state index < -0.39 is 28.5 Å². The molecule has 0 aliphatic carbocycles. The largest absolute Gasteiger partial charge is 0.354 e. The van der Waals surface area contributed by atoms with Crippen LogP contribution in [0, 0.1) is 13.8 Å². The van der Waals surface area contributed by atoms with Gasteiger partial charge in [-0.25, -0.2) is 8.42 Å². The Hall–Kier alpha value is -2.39. The predicted octanol–water partition coefficient (Wildman–Crippen LogP) is 3.78. The van der Waals surface area contributed by atoms with Gasteiger partial charge in [-0.15, -0.1) is 0 Å². The maximum atomic E-state index is 13.5. The number of hydrogen-bond donors (Lipinski definition) is 1. The lowest BCUT2D eigenvalue weighted by molar-refractivity contribution is -0.139. The number of amides is 2. The molecule has 0 saturated heterocycles.